The first-order chi connectivity index (χ1) is 7.83. The summed E-state index contributed by atoms with van der Waals surface area (Å²) in [7, 11) is 0. The van der Waals surface area contributed by atoms with Gasteiger partial charge in [0.2, 0.25) is 0 Å². The van der Waals surface area contributed by atoms with E-state index >= 15 is 0 Å². The predicted molar refractivity (Wildman–Crippen MR) is 66.8 cm³/mol. The largest absolute Gasteiger partial charge is 0.379 e. The van der Waals surface area contributed by atoms with Gasteiger partial charge in [-0.15, -0.1) is 0 Å². The zero-order chi connectivity index (χ0) is 11.6. The number of nitrogens with one attached hydrogen (secondary N) is 1. The van der Waals surface area contributed by atoms with Crippen molar-refractivity contribution in [2.45, 2.75) is 58.1 Å². The second-order valence-corrected chi connectivity index (χ2v) is 4.71. The molecule has 0 radical (unpaired) electrons. The molecule has 3 heteroatoms. The van der Waals surface area contributed by atoms with Crippen LogP contribution < -0.4 is 5.32 Å². The van der Waals surface area contributed by atoms with Gasteiger partial charge in [-0.3, -0.25) is 0 Å². The van der Waals surface area contributed by atoms with Gasteiger partial charge in [0.15, 0.2) is 0 Å². The third-order valence-electron chi connectivity index (χ3n) is 3.00. The maximum Gasteiger partial charge on any atom is 0.0809 e. The van der Waals surface area contributed by atoms with Crippen LogP contribution in [0.3, 0.4) is 0 Å². The third-order valence-corrected chi connectivity index (χ3v) is 3.00. The Hall–Kier alpha value is -0.120. The summed E-state index contributed by atoms with van der Waals surface area (Å²) in [5.41, 5.74) is 0. The normalized spacial score (nSPS) is 22.5. The Labute approximate surface area is 99.9 Å². The summed E-state index contributed by atoms with van der Waals surface area (Å²) in [5, 5.41) is 3.48. The first-order valence-corrected chi connectivity index (χ1v) is 6.75. The molecule has 0 bridgehead atoms. The second kappa shape index (κ2) is 8.97. The lowest BCUT2D eigenvalue weighted by molar-refractivity contribution is 0.0158. The van der Waals surface area contributed by atoms with E-state index in [0.29, 0.717) is 12.1 Å². The molecule has 1 aliphatic heterocycles. The van der Waals surface area contributed by atoms with Crippen molar-refractivity contribution in [1.82, 2.24) is 5.32 Å². The monoisotopic (exact) mass is 229 g/mol. The molecule has 2 atom stereocenters. The molecule has 2 unspecified atom stereocenters. The molecule has 0 aromatic rings. The van der Waals surface area contributed by atoms with Gasteiger partial charge in [-0.2, -0.15) is 0 Å². The second-order valence-electron chi connectivity index (χ2n) is 4.71. The van der Waals surface area contributed by atoms with Crippen LogP contribution in [0.4, 0.5) is 0 Å². The summed E-state index contributed by atoms with van der Waals surface area (Å²) in [6.45, 7) is 8.15. The molecule has 3 nitrogen and oxygen atoms in total. The molecule has 96 valence electrons. The van der Waals surface area contributed by atoms with Gasteiger partial charge in [0.05, 0.1) is 12.7 Å². The van der Waals surface area contributed by atoms with Crippen molar-refractivity contribution >= 4 is 0 Å². The van der Waals surface area contributed by atoms with E-state index in [0.717, 1.165) is 32.8 Å². The Morgan fingerprint density at radius 3 is 3.06 bits per heavy atom. The fourth-order valence-corrected chi connectivity index (χ4v) is 1.97. The van der Waals surface area contributed by atoms with Gasteiger partial charge in [-0.05, 0) is 45.6 Å². The van der Waals surface area contributed by atoms with Crippen LogP contribution in [0.15, 0.2) is 0 Å². The van der Waals surface area contributed by atoms with E-state index in [9.17, 15) is 0 Å². The fourth-order valence-electron chi connectivity index (χ4n) is 1.97. The SMILES string of the molecule is CCCNC(C)CCCOCC1CCCO1. The highest BCUT2D eigenvalue weighted by Gasteiger charge is 2.14. The molecule has 0 amide bonds. The van der Waals surface area contributed by atoms with Crippen LogP contribution in [0.5, 0.6) is 0 Å². The van der Waals surface area contributed by atoms with Crippen LogP contribution in [0.1, 0.15) is 46.0 Å². The van der Waals surface area contributed by atoms with E-state index in [1.54, 1.807) is 0 Å². The minimum absolute atomic E-state index is 0.371. The highest BCUT2D eigenvalue weighted by molar-refractivity contribution is 4.64. The van der Waals surface area contributed by atoms with E-state index in [1.807, 2.05) is 0 Å². The molecule has 0 aromatic carbocycles. The minimum Gasteiger partial charge on any atom is -0.379 e. The highest BCUT2D eigenvalue weighted by Crippen LogP contribution is 2.12. The Bertz CT molecular complexity index is 158. The number of hydrogen-bond donors (Lipinski definition) is 1. The standard InChI is InChI=1S/C13H27NO2/c1-3-8-14-12(2)6-4-9-15-11-13-7-5-10-16-13/h12-14H,3-11H2,1-2H3. The highest BCUT2D eigenvalue weighted by atomic mass is 16.5. The van der Waals surface area contributed by atoms with Gasteiger partial charge < -0.3 is 14.8 Å². The zero-order valence-corrected chi connectivity index (χ0v) is 10.8. The molecule has 1 saturated heterocycles. The number of ether oxygens (including phenoxy) is 2. The summed E-state index contributed by atoms with van der Waals surface area (Å²) in [5.74, 6) is 0. The van der Waals surface area contributed by atoms with Crippen LogP contribution >= 0.6 is 0 Å². The van der Waals surface area contributed by atoms with Gasteiger partial charge in [0.1, 0.15) is 0 Å². The molecule has 1 fully saturated rings. The van der Waals surface area contributed by atoms with Crippen molar-refractivity contribution in [3.05, 3.63) is 0 Å². The first-order valence-electron chi connectivity index (χ1n) is 6.75. The summed E-state index contributed by atoms with van der Waals surface area (Å²) in [6, 6.07) is 0.617. The van der Waals surface area contributed by atoms with Crippen molar-refractivity contribution in [3.8, 4) is 0 Å². The predicted octanol–water partition coefficient (Wildman–Crippen LogP) is 2.35. The van der Waals surface area contributed by atoms with E-state index in [-0.39, 0.29) is 0 Å². The molecule has 0 aromatic heterocycles. The van der Waals surface area contributed by atoms with Crippen LogP contribution in [-0.4, -0.2) is 38.5 Å². The molecule has 1 aliphatic rings. The van der Waals surface area contributed by atoms with Gasteiger partial charge in [-0.25, -0.2) is 0 Å². The molecule has 16 heavy (non-hydrogen) atoms. The van der Waals surface area contributed by atoms with Gasteiger partial charge in [0.25, 0.3) is 0 Å². The lowest BCUT2D eigenvalue weighted by Gasteiger charge is -2.14. The van der Waals surface area contributed by atoms with Crippen molar-refractivity contribution in [1.29, 1.82) is 0 Å². The molecule has 0 saturated carbocycles. The van der Waals surface area contributed by atoms with Crippen LogP contribution in [0.25, 0.3) is 0 Å². The molecule has 1 N–H and O–H groups in total. The summed E-state index contributed by atoms with van der Waals surface area (Å²) in [4.78, 5) is 0. The summed E-state index contributed by atoms with van der Waals surface area (Å²) < 4.78 is 11.1. The lowest BCUT2D eigenvalue weighted by atomic mass is 10.2. The topological polar surface area (TPSA) is 30.5 Å². The van der Waals surface area contributed by atoms with Crippen LogP contribution in [0, 0.1) is 0 Å². The van der Waals surface area contributed by atoms with E-state index < -0.39 is 0 Å². The minimum atomic E-state index is 0.371. The van der Waals surface area contributed by atoms with Gasteiger partial charge in [0, 0.05) is 19.3 Å². The number of hydrogen-bond acceptors (Lipinski definition) is 3. The maximum atomic E-state index is 5.62. The molecular formula is C13H27NO2. The summed E-state index contributed by atoms with van der Waals surface area (Å²) >= 11 is 0. The summed E-state index contributed by atoms with van der Waals surface area (Å²) in [6.07, 6.45) is 6.30. The number of rotatable bonds is 9. The van der Waals surface area contributed by atoms with Crippen molar-refractivity contribution in [3.63, 3.8) is 0 Å². The maximum absolute atomic E-state index is 5.62. The molecule has 1 rings (SSSR count). The fraction of sp³-hybridized carbons (Fsp3) is 1.00. The molecule has 0 aliphatic carbocycles. The van der Waals surface area contributed by atoms with Gasteiger partial charge in [-0.1, -0.05) is 6.92 Å². The Morgan fingerprint density at radius 1 is 1.50 bits per heavy atom. The Morgan fingerprint density at radius 2 is 2.38 bits per heavy atom. The average Bonchev–Trinajstić information content (AvgIpc) is 2.79. The molecule has 1 heterocycles. The van der Waals surface area contributed by atoms with Crippen LogP contribution in [0.2, 0.25) is 0 Å². The average molecular weight is 229 g/mol. The van der Waals surface area contributed by atoms with Crippen molar-refractivity contribution < 1.29 is 9.47 Å². The van der Waals surface area contributed by atoms with Crippen LogP contribution in [-0.2, 0) is 9.47 Å². The first kappa shape index (κ1) is 13.9. The van der Waals surface area contributed by atoms with E-state index in [1.165, 1.54) is 25.7 Å². The molecule has 0 spiro atoms. The quantitative estimate of drug-likeness (QED) is 0.616. The Balaban J connectivity index is 1.83. The van der Waals surface area contributed by atoms with E-state index in [4.69, 9.17) is 9.47 Å². The van der Waals surface area contributed by atoms with Crippen molar-refractivity contribution in [2.24, 2.45) is 0 Å². The van der Waals surface area contributed by atoms with Gasteiger partial charge >= 0.3 is 0 Å². The van der Waals surface area contributed by atoms with Crippen molar-refractivity contribution in [2.75, 3.05) is 26.4 Å². The zero-order valence-electron chi connectivity index (χ0n) is 10.8. The third kappa shape index (κ3) is 6.46. The smallest absolute Gasteiger partial charge is 0.0809 e. The Kier molecular flexibility index (Phi) is 7.81. The molecular weight excluding hydrogens is 202 g/mol. The lowest BCUT2D eigenvalue weighted by Crippen LogP contribution is -2.27. The van der Waals surface area contributed by atoms with E-state index in [2.05, 4.69) is 19.2 Å².